The Morgan fingerprint density at radius 3 is 2.19 bits per heavy atom. The number of aliphatic hydroxyl groups excluding tert-OH is 1. The van der Waals surface area contributed by atoms with Gasteiger partial charge in [-0.2, -0.15) is 0 Å². The topological polar surface area (TPSA) is 52.7 Å². The van der Waals surface area contributed by atoms with E-state index in [0.717, 1.165) is 26.2 Å². The molecule has 16 heavy (non-hydrogen) atoms. The number of hydrogen-bond acceptors (Lipinski definition) is 4. The van der Waals surface area contributed by atoms with Gasteiger partial charge in [0.05, 0.1) is 6.61 Å². The van der Waals surface area contributed by atoms with Crippen LogP contribution in [0.25, 0.3) is 0 Å². The van der Waals surface area contributed by atoms with E-state index in [1.807, 2.05) is 6.92 Å². The van der Waals surface area contributed by atoms with Crippen LogP contribution >= 0.6 is 0 Å². The number of nitrogens with two attached hydrogens (primary N) is 1. The lowest BCUT2D eigenvalue weighted by Crippen LogP contribution is -2.52. The maximum atomic E-state index is 9.19. The van der Waals surface area contributed by atoms with Gasteiger partial charge in [-0.3, -0.25) is 4.90 Å². The summed E-state index contributed by atoms with van der Waals surface area (Å²) in [5.74, 6) is 0.622. The molecule has 0 saturated heterocycles. The lowest BCUT2D eigenvalue weighted by atomic mass is 10.0. The standard InChI is InChI=1S/C12H29N3O/c1-11(2)8-15(7-6-14(4)5)9-12(3,13)10-16/h11,16H,6-10,13H2,1-5H3. The van der Waals surface area contributed by atoms with Crippen LogP contribution in [0, 0.1) is 5.92 Å². The first-order valence-corrected chi connectivity index (χ1v) is 6.03. The zero-order chi connectivity index (χ0) is 12.8. The third kappa shape index (κ3) is 8.05. The number of rotatable bonds is 8. The second-order valence-electron chi connectivity index (χ2n) is 5.74. The molecule has 0 fully saturated rings. The van der Waals surface area contributed by atoms with Crippen molar-refractivity contribution in [3.63, 3.8) is 0 Å². The van der Waals surface area contributed by atoms with E-state index in [1.165, 1.54) is 0 Å². The van der Waals surface area contributed by atoms with E-state index in [2.05, 4.69) is 37.7 Å². The molecule has 0 radical (unpaired) electrons. The molecule has 0 bridgehead atoms. The molecule has 0 heterocycles. The number of hydrogen-bond donors (Lipinski definition) is 2. The average molecular weight is 231 g/mol. The van der Waals surface area contributed by atoms with Gasteiger partial charge in [0.2, 0.25) is 0 Å². The lowest BCUT2D eigenvalue weighted by Gasteiger charge is -2.33. The fraction of sp³-hybridized carbons (Fsp3) is 1.00. The Bertz CT molecular complexity index is 181. The van der Waals surface area contributed by atoms with E-state index in [1.54, 1.807) is 0 Å². The van der Waals surface area contributed by atoms with Gasteiger partial charge < -0.3 is 15.7 Å². The first-order chi connectivity index (χ1) is 7.26. The first kappa shape index (κ1) is 15.8. The Labute approximate surface area is 100 Å². The van der Waals surface area contributed by atoms with Crippen LogP contribution in [0.1, 0.15) is 20.8 Å². The molecule has 0 spiro atoms. The van der Waals surface area contributed by atoms with Gasteiger partial charge in [-0.05, 0) is 26.9 Å². The van der Waals surface area contributed by atoms with Gasteiger partial charge in [-0.15, -0.1) is 0 Å². The summed E-state index contributed by atoms with van der Waals surface area (Å²) in [6.45, 7) is 10.1. The Balaban J connectivity index is 4.20. The Morgan fingerprint density at radius 1 is 1.25 bits per heavy atom. The molecule has 0 aliphatic rings. The van der Waals surface area contributed by atoms with Crippen molar-refractivity contribution in [1.82, 2.24) is 9.80 Å². The molecule has 4 heteroatoms. The maximum absolute atomic E-state index is 9.19. The molecule has 0 aromatic rings. The summed E-state index contributed by atoms with van der Waals surface area (Å²) in [7, 11) is 4.14. The second-order valence-corrected chi connectivity index (χ2v) is 5.74. The fourth-order valence-corrected chi connectivity index (χ4v) is 1.65. The molecule has 0 rings (SSSR count). The van der Waals surface area contributed by atoms with Crippen molar-refractivity contribution in [2.24, 2.45) is 11.7 Å². The van der Waals surface area contributed by atoms with E-state index in [0.29, 0.717) is 5.92 Å². The van der Waals surface area contributed by atoms with Crippen molar-refractivity contribution in [3.8, 4) is 0 Å². The Kier molecular flexibility index (Phi) is 7.15. The summed E-state index contributed by atoms with van der Waals surface area (Å²) >= 11 is 0. The highest BCUT2D eigenvalue weighted by atomic mass is 16.3. The Hall–Kier alpha value is -0.160. The molecule has 98 valence electrons. The third-order valence-corrected chi connectivity index (χ3v) is 2.43. The van der Waals surface area contributed by atoms with Crippen LogP contribution in [-0.2, 0) is 0 Å². The molecular formula is C12H29N3O. The normalized spacial score (nSPS) is 16.1. The molecule has 0 saturated carbocycles. The van der Waals surface area contributed by atoms with Crippen LogP contribution in [0.5, 0.6) is 0 Å². The third-order valence-electron chi connectivity index (χ3n) is 2.43. The molecule has 0 aromatic heterocycles. The predicted molar refractivity (Wildman–Crippen MR) is 69.5 cm³/mol. The minimum absolute atomic E-state index is 0.0313. The van der Waals surface area contributed by atoms with Crippen molar-refractivity contribution in [3.05, 3.63) is 0 Å². The van der Waals surface area contributed by atoms with Gasteiger partial charge in [0, 0.05) is 31.7 Å². The number of likely N-dealkylation sites (N-methyl/N-ethyl adjacent to an activating group) is 1. The highest BCUT2D eigenvalue weighted by Gasteiger charge is 2.21. The maximum Gasteiger partial charge on any atom is 0.0621 e. The zero-order valence-corrected chi connectivity index (χ0v) is 11.5. The summed E-state index contributed by atoms with van der Waals surface area (Å²) in [5.41, 5.74) is 5.49. The first-order valence-electron chi connectivity index (χ1n) is 6.03. The fourth-order valence-electron chi connectivity index (χ4n) is 1.65. The molecular weight excluding hydrogens is 202 g/mol. The van der Waals surface area contributed by atoms with E-state index in [4.69, 9.17) is 5.73 Å². The largest absolute Gasteiger partial charge is 0.394 e. The van der Waals surface area contributed by atoms with E-state index in [-0.39, 0.29) is 6.61 Å². The minimum atomic E-state index is -0.499. The van der Waals surface area contributed by atoms with Gasteiger partial charge in [0.25, 0.3) is 0 Å². The van der Waals surface area contributed by atoms with Gasteiger partial charge in [-0.25, -0.2) is 0 Å². The van der Waals surface area contributed by atoms with Crippen molar-refractivity contribution in [2.75, 3.05) is 46.9 Å². The zero-order valence-electron chi connectivity index (χ0n) is 11.5. The molecule has 0 aliphatic carbocycles. The van der Waals surface area contributed by atoms with Gasteiger partial charge >= 0.3 is 0 Å². The number of nitrogens with zero attached hydrogens (tertiary/aromatic N) is 2. The Morgan fingerprint density at radius 2 is 1.81 bits per heavy atom. The number of aliphatic hydroxyl groups is 1. The lowest BCUT2D eigenvalue weighted by molar-refractivity contribution is 0.132. The summed E-state index contributed by atoms with van der Waals surface area (Å²) in [6, 6.07) is 0. The molecule has 0 aliphatic heterocycles. The minimum Gasteiger partial charge on any atom is -0.394 e. The summed E-state index contributed by atoms with van der Waals surface area (Å²) in [5, 5.41) is 9.19. The van der Waals surface area contributed by atoms with Crippen molar-refractivity contribution >= 4 is 0 Å². The predicted octanol–water partition coefficient (Wildman–Crippen LogP) is 0.216. The highest BCUT2D eigenvalue weighted by Crippen LogP contribution is 2.05. The van der Waals surface area contributed by atoms with Crippen LogP contribution < -0.4 is 5.73 Å². The molecule has 4 nitrogen and oxygen atoms in total. The molecule has 3 N–H and O–H groups in total. The summed E-state index contributed by atoms with van der Waals surface area (Å²) in [6.07, 6.45) is 0. The monoisotopic (exact) mass is 231 g/mol. The van der Waals surface area contributed by atoms with Crippen LogP contribution in [0.2, 0.25) is 0 Å². The summed E-state index contributed by atoms with van der Waals surface area (Å²) < 4.78 is 0. The SMILES string of the molecule is CC(C)CN(CCN(C)C)CC(C)(N)CO. The van der Waals surface area contributed by atoms with E-state index < -0.39 is 5.54 Å². The van der Waals surface area contributed by atoms with E-state index in [9.17, 15) is 5.11 Å². The molecule has 0 aromatic carbocycles. The quantitative estimate of drug-likeness (QED) is 0.627. The van der Waals surface area contributed by atoms with E-state index >= 15 is 0 Å². The van der Waals surface area contributed by atoms with Crippen molar-refractivity contribution in [1.29, 1.82) is 0 Å². The average Bonchev–Trinajstić information content (AvgIpc) is 2.13. The molecule has 0 amide bonds. The smallest absolute Gasteiger partial charge is 0.0621 e. The van der Waals surface area contributed by atoms with Crippen molar-refractivity contribution in [2.45, 2.75) is 26.3 Å². The van der Waals surface area contributed by atoms with Gasteiger partial charge in [-0.1, -0.05) is 13.8 Å². The van der Waals surface area contributed by atoms with Crippen molar-refractivity contribution < 1.29 is 5.11 Å². The van der Waals surface area contributed by atoms with Gasteiger partial charge in [0.1, 0.15) is 0 Å². The van der Waals surface area contributed by atoms with Crippen LogP contribution in [0.4, 0.5) is 0 Å². The van der Waals surface area contributed by atoms with Crippen LogP contribution in [-0.4, -0.2) is 67.3 Å². The molecule has 1 unspecified atom stereocenters. The highest BCUT2D eigenvalue weighted by molar-refractivity contribution is 4.82. The second kappa shape index (κ2) is 7.22. The summed E-state index contributed by atoms with van der Waals surface area (Å²) in [4.78, 5) is 4.50. The van der Waals surface area contributed by atoms with Crippen LogP contribution in [0.15, 0.2) is 0 Å². The van der Waals surface area contributed by atoms with Crippen LogP contribution in [0.3, 0.4) is 0 Å². The van der Waals surface area contributed by atoms with Gasteiger partial charge in [0.15, 0.2) is 0 Å². The molecule has 1 atom stereocenters.